The van der Waals surface area contributed by atoms with Crippen LogP contribution in [0.4, 0.5) is 13.2 Å². The summed E-state index contributed by atoms with van der Waals surface area (Å²) in [5.74, 6) is -2.17. The van der Waals surface area contributed by atoms with Gasteiger partial charge >= 0.3 is 0 Å². The lowest BCUT2D eigenvalue weighted by molar-refractivity contribution is 0.505. The van der Waals surface area contributed by atoms with Crippen molar-refractivity contribution in [2.24, 2.45) is 4.99 Å². The molecule has 158 valence electrons. The number of halogens is 3. The minimum absolute atomic E-state index is 0.126. The Morgan fingerprint density at radius 2 is 1.76 bits per heavy atom. The fraction of sp³-hybridized carbons (Fsp3) is 0.350. The Morgan fingerprint density at radius 1 is 1.03 bits per heavy atom. The van der Waals surface area contributed by atoms with Crippen molar-refractivity contribution >= 4 is 15.8 Å². The first-order valence-corrected chi connectivity index (χ1v) is 11.0. The molecule has 1 unspecified atom stereocenters. The van der Waals surface area contributed by atoms with Gasteiger partial charge in [0.15, 0.2) is 27.4 Å². The molecule has 0 aliphatic heterocycles. The van der Waals surface area contributed by atoms with Gasteiger partial charge in [-0.15, -0.1) is 0 Å². The molecule has 0 radical (unpaired) electrons. The van der Waals surface area contributed by atoms with Crippen molar-refractivity contribution in [2.75, 3.05) is 19.8 Å². The topological polar surface area (TPSA) is 70.6 Å². The molecule has 2 rings (SSSR count). The molecule has 0 spiro atoms. The molecule has 29 heavy (non-hydrogen) atoms. The van der Waals surface area contributed by atoms with E-state index >= 15 is 0 Å². The summed E-state index contributed by atoms with van der Waals surface area (Å²) in [6.07, 6.45) is 1.12. The Labute approximate surface area is 169 Å². The molecule has 0 amide bonds. The third-order valence-corrected chi connectivity index (χ3v) is 5.18. The lowest BCUT2D eigenvalue weighted by atomic mass is 10.0. The first kappa shape index (κ1) is 22.7. The number of nitrogens with zero attached hydrogens (tertiary/aromatic N) is 1. The van der Waals surface area contributed by atoms with Crippen molar-refractivity contribution in [3.05, 3.63) is 70.5 Å². The Hall–Kier alpha value is -2.55. The van der Waals surface area contributed by atoms with Gasteiger partial charge in [0.25, 0.3) is 0 Å². The van der Waals surface area contributed by atoms with Crippen LogP contribution < -0.4 is 10.6 Å². The molecule has 0 saturated carbocycles. The maximum Gasteiger partial charge on any atom is 0.191 e. The normalized spacial score (nSPS) is 13.2. The van der Waals surface area contributed by atoms with E-state index in [1.54, 1.807) is 7.05 Å². The summed E-state index contributed by atoms with van der Waals surface area (Å²) < 4.78 is 63.3. The highest BCUT2D eigenvalue weighted by Crippen LogP contribution is 2.17. The quantitative estimate of drug-likeness (QED) is 0.526. The first-order valence-electron chi connectivity index (χ1n) is 8.93. The summed E-state index contributed by atoms with van der Waals surface area (Å²) >= 11 is 0. The molecule has 0 bridgehead atoms. The third-order valence-electron chi connectivity index (χ3n) is 4.34. The van der Waals surface area contributed by atoms with Gasteiger partial charge in [-0.3, -0.25) is 4.99 Å². The van der Waals surface area contributed by atoms with Crippen LogP contribution in [-0.2, 0) is 22.1 Å². The van der Waals surface area contributed by atoms with E-state index < -0.39 is 27.3 Å². The van der Waals surface area contributed by atoms with Crippen LogP contribution in [-0.4, -0.2) is 34.2 Å². The number of hydrogen-bond acceptors (Lipinski definition) is 3. The van der Waals surface area contributed by atoms with Gasteiger partial charge in [0, 0.05) is 26.4 Å². The largest absolute Gasteiger partial charge is 0.356 e. The van der Waals surface area contributed by atoms with Crippen LogP contribution in [0.5, 0.6) is 0 Å². The molecule has 2 N–H and O–H groups in total. The van der Waals surface area contributed by atoms with Gasteiger partial charge in [0.1, 0.15) is 5.82 Å². The lowest BCUT2D eigenvalue weighted by Crippen LogP contribution is -2.38. The van der Waals surface area contributed by atoms with E-state index in [0.29, 0.717) is 29.2 Å². The second kappa shape index (κ2) is 9.78. The smallest absolute Gasteiger partial charge is 0.191 e. The molecule has 0 aliphatic rings. The second-order valence-electron chi connectivity index (χ2n) is 6.86. The predicted molar refractivity (Wildman–Crippen MR) is 108 cm³/mol. The van der Waals surface area contributed by atoms with Crippen molar-refractivity contribution in [1.82, 2.24) is 10.6 Å². The zero-order valence-corrected chi connectivity index (χ0v) is 17.3. The average molecular weight is 427 g/mol. The highest BCUT2D eigenvalue weighted by molar-refractivity contribution is 7.89. The third kappa shape index (κ3) is 7.08. The predicted octanol–water partition coefficient (Wildman–Crippen LogP) is 3.12. The number of guanidine groups is 1. The summed E-state index contributed by atoms with van der Waals surface area (Å²) in [7, 11) is -1.71. The maximum absolute atomic E-state index is 13.6. The van der Waals surface area contributed by atoms with Crippen molar-refractivity contribution in [1.29, 1.82) is 0 Å². The monoisotopic (exact) mass is 427 g/mol. The molecule has 5 nitrogen and oxygen atoms in total. The zero-order chi connectivity index (χ0) is 21.6. The van der Waals surface area contributed by atoms with E-state index in [-0.39, 0.29) is 18.2 Å². The van der Waals surface area contributed by atoms with Crippen LogP contribution in [0.15, 0.2) is 41.4 Å². The number of nitrogens with one attached hydrogen (secondary N) is 2. The van der Waals surface area contributed by atoms with Crippen LogP contribution in [0.2, 0.25) is 0 Å². The minimum atomic E-state index is -3.27. The van der Waals surface area contributed by atoms with E-state index in [4.69, 9.17) is 0 Å². The van der Waals surface area contributed by atoms with Crippen molar-refractivity contribution in [3.63, 3.8) is 0 Å². The molecule has 2 aromatic carbocycles. The number of rotatable bonds is 7. The molecular weight excluding hydrogens is 403 g/mol. The number of hydrogen-bond donors (Lipinski definition) is 2. The van der Waals surface area contributed by atoms with Crippen molar-refractivity contribution in [2.45, 2.75) is 25.1 Å². The minimum Gasteiger partial charge on any atom is -0.356 e. The van der Waals surface area contributed by atoms with E-state index in [1.807, 2.05) is 6.92 Å². The van der Waals surface area contributed by atoms with Gasteiger partial charge in [-0.2, -0.15) is 0 Å². The number of aliphatic imine (C=N–C) groups is 1. The Balaban J connectivity index is 2.00. The van der Waals surface area contributed by atoms with Gasteiger partial charge in [0.05, 0.1) is 5.75 Å². The van der Waals surface area contributed by atoms with Gasteiger partial charge in [-0.1, -0.05) is 19.1 Å². The average Bonchev–Trinajstić information content (AvgIpc) is 2.64. The van der Waals surface area contributed by atoms with Crippen LogP contribution >= 0.6 is 0 Å². The molecule has 1 atom stereocenters. The Kier molecular flexibility index (Phi) is 7.66. The van der Waals surface area contributed by atoms with E-state index in [0.717, 1.165) is 18.4 Å². The molecule has 0 heterocycles. The van der Waals surface area contributed by atoms with Gasteiger partial charge in [-0.25, -0.2) is 21.6 Å². The summed E-state index contributed by atoms with van der Waals surface area (Å²) in [6.45, 7) is 2.41. The lowest BCUT2D eigenvalue weighted by Gasteiger charge is -2.17. The summed E-state index contributed by atoms with van der Waals surface area (Å²) in [5, 5.41) is 6.07. The molecule has 0 fully saturated rings. The van der Waals surface area contributed by atoms with Crippen LogP contribution in [0, 0.1) is 17.5 Å². The Morgan fingerprint density at radius 3 is 2.38 bits per heavy atom. The highest BCUT2D eigenvalue weighted by atomic mass is 32.2. The summed E-state index contributed by atoms with van der Waals surface area (Å²) in [4.78, 5) is 4.08. The van der Waals surface area contributed by atoms with Crippen molar-refractivity contribution in [3.8, 4) is 0 Å². The van der Waals surface area contributed by atoms with E-state index in [9.17, 15) is 21.6 Å². The van der Waals surface area contributed by atoms with Gasteiger partial charge < -0.3 is 10.6 Å². The number of benzene rings is 2. The van der Waals surface area contributed by atoms with Crippen molar-refractivity contribution < 1.29 is 21.6 Å². The highest BCUT2D eigenvalue weighted by Gasteiger charge is 2.13. The fourth-order valence-corrected chi connectivity index (χ4v) is 3.61. The van der Waals surface area contributed by atoms with E-state index in [2.05, 4.69) is 15.6 Å². The fourth-order valence-electron chi connectivity index (χ4n) is 2.77. The molecule has 0 aliphatic carbocycles. The SMILES string of the molecule is CN=C(NCc1cc(F)ccc1CS(C)(=O)=O)NCC(C)c1ccc(F)c(F)c1. The standard InChI is InChI=1S/C20H24F3N3O2S/c1-13(14-5-7-18(22)19(23)9-14)10-25-20(24-2)26-11-16-8-17(21)6-4-15(16)12-29(3,27)28/h4-9,13H,10-12H2,1-3H3,(H2,24,25,26). The second-order valence-corrected chi connectivity index (χ2v) is 9.00. The molecule has 0 saturated heterocycles. The van der Waals surface area contributed by atoms with Crippen LogP contribution in [0.1, 0.15) is 29.5 Å². The van der Waals surface area contributed by atoms with Crippen LogP contribution in [0.3, 0.4) is 0 Å². The zero-order valence-electron chi connectivity index (χ0n) is 16.5. The number of sulfone groups is 1. The van der Waals surface area contributed by atoms with Crippen LogP contribution in [0.25, 0.3) is 0 Å². The Bertz CT molecular complexity index is 994. The molecule has 0 aromatic heterocycles. The maximum atomic E-state index is 13.6. The summed E-state index contributed by atoms with van der Waals surface area (Å²) in [5.41, 5.74) is 1.64. The van der Waals surface area contributed by atoms with Gasteiger partial charge in [-0.05, 0) is 46.9 Å². The van der Waals surface area contributed by atoms with E-state index in [1.165, 1.54) is 24.3 Å². The summed E-state index contributed by atoms with van der Waals surface area (Å²) in [6, 6.07) is 7.72. The molecular formula is C20H24F3N3O2S. The molecule has 9 heteroatoms. The van der Waals surface area contributed by atoms with Gasteiger partial charge in [0.2, 0.25) is 0 Å². The molecule has 2 aromatic rings. The first-order chi connectivity index (χ1) is 13.6.